The van der Waals surface area contributed by atoms with E-state index >= 15 is 0 Å². The minimum Gasteiger partial charge on any atom is -0.495 e. The molecule has 1 aliphatic heterocycles. The van der Waals surface area contributed by atoms with Crippen LogP contribution in [0.25, 0.3) is 0 Å². The number of ether oxygens (including phenoxy) is 1. The van der Waals surface area contributed by atoms with Gasteiger partial charge in [-0.1, -0.05) is 18.2 Å². The Morgan fingerprint density at radius 3 is 2.52 bits per heavy atom. The number of thiophene rings is 1. The zero-order valence-electron chi connectivity index (χ0n) is 17.2. The van der Waals surface area contributed by atoms with Crippen molar-refractivity contribution < 1.29 is 9.53 Å². The van der Waals surface area contributed by atoms with E-state index in [4.69, 9.17) is 4.74 Å². The number of hydrogen-bond acceptors (Lipinski definition) is 4. The minimum absolute atomic E-state index is 0.134. The van der Waals surface area contributed by atoms with E-state index in [-0.39, 0.29) is 5.91 Å². The summed E-state index contributed by atoms with van der Waals surface area (Å²) < 4.78 is 7.73. The molecule has 1 fully saturated rings. The molecule has 0 radical (unpaired) electrons. The Morgan fingerprint density at radius 2 is 1.83 bits per heavy atom. The summed E-state index contributed by atoms with van der Waals surface area (Å²) >= 11 is 1.75. The van der Waals surface area contributed by atoms with Gasteiger partial charge < -0.3 is 19.1 Å². The van der Waals surface area contributed by atoms with Crippen LogP contribution in [0.2, 0.25) is 0 Å². The molecule has 6 heteroatoms. The van der Waals surface area contributed by atoms with Crippen LogP contribution in [-0.2, 0) is 6.54 Å². The van der Waals surface area contributed by atoms with Crippen molar-refractivity contribution in [2.24, 2.45) is 0 Å². The van der Waals surface area contributed by atoms with E-state index in [1.54, 1.807) is 18.4 Å². The van der Waals surface area contributed by atoms with Gasteiger partial charge in [-0.05, 0) is 43.5 Å². The standard InChI is InChI=1S/C23H27N3O2S/c1-17-15-20(18(2)26(17)16-19-7-6-14-29-19)23(27)25-12-10-24(11-13-25)21-8-4-5-9-22(21)28-3/h4-9,14-15H,10-13,16H2,1-3H3. The number of nitrogens with zero attached hydrogens (tertiary/aromatic N) is 3. The molecule has 1 aromatic carbocycles. The highest BCUT2D eigenvalue weighted by atomic mass is 32.1. The predicted molar refractivity (Wildman–Crippen MR) is 118 cm³/mol. The third-order valence-electron chi connectivity index (χ3n) is 5.69. The number of aryl methyl sites for hydroxylation is 1. The van der Waals surface area contributed by atoms with Gasteiger partial charge in [0.05, 0.1) is 24.9 Å². The fourth-order valence-corrected chi connectivity index (χ4v) is 4.72. The molecule has 152 valence electrons. The van der Waals surface area contributed by atoms with Crippen molar-refractivity contribution in [2.45, 2.75) is 20.4 Å². The van der Waals surface area contributed by atoms with Gasteiger partial charge in [-0.25, -0.2) is 0 Å². The molecular weight excluding hydrogens is 382 g/mol. The second kappa shape index (κ2) is 8.33. The Bertz CT molecular complexity index is 986. The topological polar surface area (TPSA) is 37.7 Å². The lowest BCUT2D eigenvalue weighted by atomic mass is 10.2. The largest absolute Gasteiger partial charge is 0.495 e. The molecule has 1 amide bonds. The van der Waals surface area contributed by atoms with Gasteiger partial charge in [0.25, 0.3) is 5.91 Å². The molecule has 0 bridgehead atoms. The first-order chi connectivity index (χ1) is 14.1. The second-order valence-electron chi connectivity index (χ2n) is 7.40. The summed E-state index contributed by atoms with van der Waals surface area (Å²) in [4.78, 5) is 18.8. The Kier molecular flexibility index (Phi) is 5.62. The van der Waals surface area contributed by atoms with E-state index in [9.17, 15) is 4.79 Å². The van der Waals surface area contributed by atoms with Crippen molar-refractivity contribution in [3.8, 4) is 5.75 Å². The Hall–Kier alpha value is -2.73. The van der Waals surface area contributed by atoms with Crippen molar-refractivity contribution in [2.75, 3.05) is 38.2 Å². The van der Waals surface area contributed by atoms with Crippen LogP contribution in [-0.4, -0.2) is 48.7 Å². The lowest BCUT2D eigenvalue weighted by molar-refractivity contribution is 0.0746. The second-order valence-corrected chi connectivity index (χ2v) is 8.43. The van der Waals surface area contributed by atoms with Crippen molar-refractivity contribution in [3.05, 3.63) is 69.7 Å². The first kappa shape index (κ1) is 19.6. The summed E-state index contributed by atoms with van der Waals surface area (Å²) in [5, 5.41) is 2.09. The number of anilines is 1. The van der Waals surface area contributed by atoms with Gasteiger partial charge >= 0.3 is 0 Å². The molecule has 0 unspecified atom stereocenters. The lowest BCUT2D eigenvalue weighted by Gasteiger charge is -2.36. The molecule has 0 saturated carbocycles. The normalized spacial score (nSPS) is 14.3. The molecule has 0 aliphatic carbocycles. The summed E-state index contributed by atoms with van der Waals surface area (Å²) in [6.45, 7) is 8.00. The SMILES string of the molecule is COc1ccccc1N1CCN(C(=O)c2cc(C)n(Cc3cccs3)c2C)CC1. The van der Waals surface area contributed by atoms with Crippen LogP contribution in [0.4, 0.5) is 5.69 Å². The van der Waals surface area contributed by atoms with E-state index < -0.39 is 0 Å². The molecule has 5 nitrogen and oxygen atoms in total. The van der Waals surface area contributed by atoms with Crippen LogP contribution in [0, 0.1) is 13.8 Å². The number of para-hydroxylation sites is 2. The van der Waals surface area contributed by atoms with Gasteiger partial charge in [0.15, 0.2) is 0 Å². The molecule has 0 spiro atoms. The number of hydrogen-bond donors (Lipinski definition) is 0. The van der Waals surface area contributed by atoms with E-state index in [0.717, 1.165) is 48.0 Å². The highest BCUT2D eigenvalue weighted by Gasteiger charge is 2.26. The van der Waals surface area contributed by atoms with Gasteiger partial charge in [0, 0.05) is 42.4 Å². The Morgan fingerprint density at radius 1 is 1.07 bits per heavy atom. The zero-order chi connectivity index (χ0) is 20.4. The number of benzene rings is 1. The molecule has 2 aromatic heterocycles. The summed E-state index contributed by atoms with van der Waals surface area (Å²) in [5.41, 5.74) is 4.10. The van der Waals surface area contributed by atoms with Gasteiger partial charge in [-0.2, -0.15) is 0 Å². The first-order valence-corrected chi connectivity index (χ1v) is 10.8. The summed E-state index contributed by atoms with van der Waals surface area (Å²) in [7, 11) is 1.70. The van der Waals surface area contributed by atoms with Crippen LogP contribution < -0.4 is 9.64 Å². The third-order valence-corrected chi connectivity index (χ3v) is 6.55. The molecule has 29 heavy (non-hydrogen) atoms. The van der Waals surface area contributed by atoms with Crippen LogP contribution in [0.5, 0.6) is 5.75 Å². The molecular formula is C23H27N3O2S. The average Bonchev–Trinajstić information content (AvgIpc) is 3.37. The van der Waals surface area contributed by atoms with Crippen molar-refractivity contribution in [3.63, 3.8) is 0 Å². The van der Waals surface area contributed by atoms with Crippen LogP contribution in [0.1, 0.15) is 26.6 Å². The minimum atomic E-state index is 0.134. The summed E-state index contributed by atoms with van der Waals surface area (Å²) in [5.74, 6) is 1.01. The molecule has 4 rings (SSSR count). The highest BCUT2D eigenvalue weighted by Crippen LogP contribution is 2.29. The van der Waals surface area contributed by atoms with Crippen LogP contribution >= 0.6 is 11.3 Å². The smallest absolute Gasteiger partial charge is 0.255 e. The molecule has 3 aromatic rings. The van der Waals surface area contributed by atoms with E-state index in [0.29, 0.717) is 13.1 Å². The number of methoxy groups -OCH3 is 1. The molecule has 0 N–H and O–H groups in total. The van der Waals surface area contributed by atoms with Crippen LogP contribution in [0.3, 0.4) is 0 Å². The number of carbonyl (C=O) groups excluding carboxylic acids is 1. The van der Waals surface area contributed by atoms with Gasteiger partial charge in [-0.3, -0.25) is 4.79 Å². The van der Waals surface area contributed by atoms with Crippen molar-refractivity contribution in [1.82, 2.24) is 9.47 Å². The average molecular weight is 410 g/mol. The van der Waals surface area contributed by atoms with E-state index in [2.05, 4.69) is 46.9 Å². The maximum Gasteiger partial charge on any atom is 0.255 e. The number of rotatable bonds is 5. The Labute approximate surface area is 176 Å². The molecule has 0 atom stereocenters. The van der Waals surface area contributed by atoms with Gasteiger partial charge in [-0.15, -0.1) is 11.3 Å². The highest BCUT2D eigenvalue weighted by molar-refractivity contribution is 7.09. The Balaban J connectivity index is 1.46. The summed E-state index contributed by atoms with van der Waals surface area (Å²) in [6, 6.07) is 14.3. The molecule has 3 heterocycles. The first-order valence-electron chi connectivity index (χ1n) is 9.95. The third kappa shape index (κ3) is 3.90. The van der Waals surface area contributed by atoms with E-state index in [1.165, 1.54) is 4.88 Å². The fourth-order valence-electron chi connectivity index (χ4n) is 4.03. The number of piperazine rings is 1. The maximum atomic E-state index is 13.2. The molecule has 1 aliphatic rings. The number of aromatic nitrogens is 1. The monoisotopic (exact) mass is 409 g/mol. The quantitative estimate of drug-likeness (QED) is 0.634. The van der Waals surface area contributed by atoms with Crippen molar-refractivity contribution in [1.29, 1.82) is 0 Å². The number of carbonyl (C=O) groups is 1. The van der Waals surface area contributed by atoms with Gasteiger partial charge in [0.1, 0.15) is 5.75 Å². The maximum absolute atomic E-state index is 13.2. The van der Waals surface area contributed by atoms with Crippen molar-refractivity contribution >= 4 is 22.9 Å². The zero-order valence-corrected chi connectivity index (χ0v) is 18.0. The predicted octanol–water partition coefficient (Wildman–Crippen LogP) is 4.19. The van der Waals surface area contributed by atoms with Gasteiger partial charge in [0.2, 0.25) is 0 Å². The fraction of sp³-hybridized carbons (Fsp3) is 0.348. The number of amides is 1. The lowest BCUT2D eigenvalue weighted by Crippen LogP contribution is -2.49. The molecule has 1 saturated heterocycles. The summed E-state index contributed by atoms with van der Waals surface area (Å²) in [6.07, 6.45) is 0. The van der Waals surface area contributed by atoms with E-state index in [1.807, 2.05) is 29.2 Å². The van der Waals surface area contributed by atoms with Crippen LogP contribution in [0.15, 0.2) is 47.8 Å².